The zero-order valence-electron chi connectivity index (χ0n) is 22.4. The van der Waals surface area contributed by atoms with Crippen LogP contribution in [0.4, 0.5) is 4.39 Å². The number of unbranched alkanes of at least 4 members (excludes halogenated alkanes) is 8. The number of hydrogen-bond acceptors (Lipinski definition) is 7. The van der Waals surface area contributed by atoms with E-state index in [1.165, 1.54) is 19.3 Å². The normalized spacial score (nSPS) is 19.6. The Hall–Kier alpha value is -2.56. The first kappa shape index (κ1) is 31.7. The highest BCUT2D eigenvalue weighted by molar-refractivity contribution is 5.69. The van der Waals surface area contributed by atoms with Crippen molar-refractivity contribution >= 4 is 5.97 Å². The number of ether oxygens (including phenoxy) is 2. The van der Waals surface area contributed by atoms with E-state index in [-0.39, 0.29) is 12.8 Å². The number of nitrogens with zero attached hydrogens (tertiary/aromatic N) is 2. The number of carbonyl (C=O) groups is 1. The van der Waals surface area contributed by atoms with Crippen molar-refractivity contribution in [3.63, 3.8) is 0 Å². The van der Waals surface area contributed by atoms with Gasteiger partial charge in [0.15, 0.2) is 6.73 Å². The molecule has 2 rings (SSSR count). The number of esters is 1. The predicted molar refractivity (Wildman–Crippen MR) is 142 cm³/mol. The van der Waals surface area contributed by atoms with Crippen LogP contribution < -0.4 is 11.2 Å². The molecule has 1 aliphatic heterocycles. The average Bonchev–Trinajstić information content (AvgIpc) is 3.28. The van der Waals surface area contributed by atoms with Crippen LogP contribution in [0.5, 0.6) is 0 Å². The second-order valence-electron chi connectivity index (χ2n) is 9.64. The Kier molecular flexibility index (Phi) is 14.9. The van der Waals surface area contributed by atoms with Gasteiger partial charge in [0.2, 0.25) is 5.82 Å². The van der Waals surface area contributed by atoms with E-state index in [1.807, 2.05) is 0 Å². The van der Waals surface area contributed by atoms with Gasteiger partial charge < -0.3 is 19.7 Å². The molecule has 0 saturated carbocycles. The quantitative estimate of drug-likeness (QED) is 0.164. The zero-order chi connectivity index (χ0) is 27.8. The Bertz CT molecular complexity index is 1020. The standard InChI is InChI=1S/C28H43FN2O7/c1-2-3-4-5-6-7-8-9-10-11-12-13-14-15-16-17-26(34)37-21-31-27(35)22(29)19-30(28(31)36)25-18-23(33)24(20-32)38-25/h6-7,9-10,19,23-25,32-33H,2-5,8,11-18,20-21H2,1H3/b7-6-,10-9-/t23-,24+,25+/m0/s1. The van der Waals surface area contributed by atoms with Gasteiger partial charge in [0.1, 0.15) is 12.3 Å². The smallest absolute Gasteiger partial charge is 0.336 e. The van der Waals surface area contributed by atoms with Crippen LogP contribution in [0.2, 0.25) is 0 Å². The van der Waals surface area contributed by atoms with Crippen LogP contribution >= 0.6 is 0 Å². The summed E-state index contributed by atoms with van der Waals surface area (Å²) in [5.41, 5.74) is -2.15. The minimum absolute atomic E-state index is 0.0601. The van der Waals surface area contributed by atoms with Gasteiger partial charge in [-0.2, -0.15) is 4.39 Å². The minimum Gasteiger partial charge on any atom is -0.444 e. The molecular formula is C28H43FN2O7. The zero-order valence-corrected chi connectivity index (χ0v) is 22.4. The van der Waals surface area contributed by atoms with Crippen molar-refractivity contribution in [3.05, 3.63) is 57.2 Å². The minimum atomic E-state index is -1.22. The summed E-state index contributed by atoms with van der Waals surface area (Å²) >= 11 is 0. The summed E-state index contributed by atoms with van der Waals surface area (Å²) in [6.07, 6.45) is 18.2. The number of aromatic nitrogens is 2. The molecule has 1 aromatic heterocycles. The van der Waals surface area contributed by atoms with Crippen molar-refractivity contribution in [2.24, 2.45) is 0 Å². The molecule has 38 heavy (non-hydrogen) atoms. The number of allylic oxidation sites excluding steroid dienone is 4. The first-order chi connectivity index (χ1) is 18.4. The van der Waals surface area contributed by atoms with Crippen LogP contribution in [0.15, 0.2) is 40.1 Å². The number of carbonyl (C=O) groups excluding carboxylic acids is 1. The van der Waals surface area contributed by atoms with E-state index in [0.29, 0.717) is 17.2 Å². The lowest BCUT2D eigenvalue weighted by Gasteiger charge is -2.16. The van der Waals surface area contributed by atoms with Gasteiger partial charge in [-0.25, -0.2) is 9.36 Å². The Morgan fingerprint density at radius 2 is 1.74 bits per heavy atom. The van der Waals surface area contributed by atoms with Crippen LogP contribution in [-0.4, -0.2) is 44.1 Å². The molecule has 0 amide bonds. The number of aliphatic hydroxyl groups excluding tert-OH is 2. The highest BCUT2D eigenvalue weighted by atomic mass is 19.1. The molecule has 0 unspecified atom stereocenters. The molecule has 1 saturated heterocycles. The molecule has 0 spiro atoms. The van der Waals surface area contributed by atoms with Gasteiger partial charge in [-0.05, 0) is 38.5 Å². The third-order valence-corrected chi connectivity index (χ3v) is 6.53. The van der Waals surface area contributed by atoms with Gasteiger partial charge in [-0.1, -0.05) is 63.3 Å². The van der Waals surface area contributed by atoms with Crippen molar-refractivity contribution in [1.82, 2.24) is 9.13 Å². The third kappa shape index (κ3) is 10.7. The second-order valence-corrected chi connectivity index (χ2v) is 9.64. The molecule has 2 heterocycles. The summed E-state index contributed by atoms with van der Waals surface area (Å²) in [5.74, 6) is -1.80. The fraction of sp³-hybridized carbons (Fsp3) is 0.679. The van der Waals surface area contributed by atoms with Crippen molar-refractivity contribution in [1.29, 1.82) is 0 Å². The number of aliphatic hydroxyl groups is 2. The van der Waals surface area contributed by atoms with Crippen LogP contribution in [-0.2, 0) is 21.0 Å². The maximum atomic E-state index is 14.2. The monoisotopic (exact) mass is 538 g/mol. The van der Waals surface area contributed by atoms with Crippen molar-refractivity contribution < 1.29 is 28.9 Å². The Morgan fingerprint density at radius 1 is 1.08 bits per heavy atom. The van der Waals surface area contributed by atoms with Gasteiger partial charge in [0.05, 0.1) is 18.9 Å². The van der Waals surface area contributed by atoms with E-state index >= 15 is 0 Å². The molecule has 214 valence electrons. The summed E-state index contributed by atoms with van der Waals surface area (Å²) in [6.45, 7) is 1.02. The van der Waals surface area contributed by atoms with E-state index < -0.39 is 54.8 Å². The molecule has 1 aromatic rings. The molecule has 10 heteroatoms. The Morgan fingerprint density at radius 3 is 2.39 bits per heavy atom. The topological polar surface area (TPSA) is 120 Å². The lowest BCUT2D eigenvalue weighted by atomic mass is 10.1. The highest BCUT2D eigenvalue weighted by Crippen LogP contribution is 2.27. The van der Waals surface area contributed by atoms with E-state index in [2.05, 4.69) is 31.2 Å². The maximum Gasteiger partial charge on any atom is 0.336 e. The lowest BCUT2D eigenvalue weighted by molar-refractivity contribution is -0.148. The first-order valence-electron chi connectivity index (χ1n) is 13.8. The molecule has 9 nitrogen and oxygen atoms in total. The van der Waals surface area contributed by atoms with E-state index in [1.54, 1.807) is 0 Å². The molecule has 3 atom stereocenters. The first-order valence-corrected chi connectivity index (χ1v) is 13.8. The van der Waals surface area contributed by atoms with Gasteiger partial charge in [0.25, 0.3) is 5.56 Å². The summed E-state index contributed by atoms with van der Waals surface area (Å²) in [4.78, 5) is 36.9. The molecular weight excluding hydrogens is 495 g/mol. The Balaban J connectivity index is 1.64. The molecule has 0 aromatic carbocycles. The molecule has 2 N–H and O–H groups in total. The summed E-state index contributed by atoms with van der Waals surface area (Å²) in [5, 5.41) is 19.1. The predicted octanol–water partition coefficient (Wildman–Crippen LogP) is 4.10. The average molecular weight is 539 g/mol. The van der Waals surface area contributed by atoms with E-state index in [0.717, 1.165) is 49.5 Å². The van der Waals surface area contributed by atoms with Crippen LogP contribution in [0.25, 0.3) is 0 Å². The van der Waals surface area contributed by atoms with Crippen molar-refractivity contribution in [2.45, 2.75) is 116 Å². The molecule has 0 bridgehead atoms. The largest absolute Gasteiger partial charge is 0.444 e. The molecule has 1 aliphatic rings. The fourth-order valence-electron chi connectivity index (χ4n) is 4.25. The third-order valence-electron chi connectivity index (χ3n) is 6.53. The number of halogens is 1. The van der Waals surface area contributed by atoms with E-state index in [4.69, 9.17) is 9.47 Å². The highest BCUT2D eigenvalue weighted by Gasteiger charge is 2.35. The van der Waals surface area contributed by atoms with Gasteiger partial charge in [-0.3, -0.25) is 14.2 Å². The molecule has 0 radical (unpaired) electrons. The number of rotatable bonds is 18. The van der Waals surface area contributed by atoms with Gasteiger partial charge in [-0.15, -0.1) is 0 Å². The van der Waals surface area contributed by atoms with Crippen LogP contribution in [0, 0.1) is 5.82 Å². The maximum absolute atomic E-state index is 14.2. The summed E-state index contributed by atoms with van der Waals surface area (Å²) < 4.78 is 25.9. The van der Waals surface area contributed by atoms with Crippen LogP contribution in [0.3, 0.4) is 0 Å². The van der Waals surface area contributed by atoms with Crippen molar-refractivity contribution in [2.75, 3.05) is 6.61 Å². The number of hydrogen-bond donors (Lipinski definition) is 2. The Labute approximate surface area is 223 Å². The molecule has 1 fully saturated rings. The van der Waals surface area contributed by atoms with Gasteiger partial charge in [0, 0.05) is 12.8 Å². The molecule has 0 aliphatic carbocycles. The van der Waals surface area contributed by atoms with Gasteiger partial charge >= 0.3 is 11.7 Å². The SMILES string of the molecule is CCCCC/C=C\C/C=C\CCCCCCCC(=O)OCn1c(=O)c(F)cn([C@H]2C[C@H](O)[C@@H](CO)O2)c1=O. The summed E-state index contributed by atoms with van der Waals surface area (Å²) in [6, 6.07) is 0. The fourth-order valence-corrected chi connectivity index (χ4v) is 4.25. The lowest BCUT2D eigenvalue weighted by Crippen LogP contribution is -2.43. The van der Waals surface area contributed by atoms with E-state index in [9.17, 15) is 29.0 Å². The van der Waals surface area contributed by atoms with Crippen molar-refractivity contribution in [3.8, 4) is 0 Å². The summed E-state index contributed by atoms with van der Waals surface area (Å²) in [7, 11) is 0. The van der Waals surface area contributed by atoms with Crippen LogP contribution in [0.1, 0.15) is 96.6 Å². The second kappa shape index (κ2) is 17.9.